The van der Waals surface area contributed by atoms with Gasteiger partial charge in [0.2, 0.25) is 0 Å². The fourth-order valence-corrected chi connectivity index (χ4v) is 2.08. The van der Waals surface area contributed by atoms with Gasteiger partial charge in [-0.05, 0) is 24.3 Å². The largest absolute Gasteiger partial charge is 0.480 e. The molecule has 0 saturated carbocycles. The minimum atomic E-state index is -1.98. The number of carboxylic acid groups (broad SMARTS) is 2. The first-order valence-electron chi connectivity index (χ1n) is 6.31. The summed E-state index contributed by atoms with van der Waals surface area (Å²) in [5, 5.41) is 19.0. The van der Waals surface area contributed by atoms with Crippen LogP contribution in [0.25, 0.3) is 0 Å². The van der Waals surface area contributed by atoms with E-state index in [9.17, 15) is 19.8 Å². The molecule has 0 aliphatic carbocycles. The maximum absolute atomic E-state index is 11.6. The summed E-state index contributed by atoms with van der Waals surface area (Å²) in [6.45, 7) is 0. The number of carbonyl (C=O) groups is 2. The van der Waals surface area contributed by atoms with E-state index in [0.29, 0.717) is 11.4 Å². The second-order valence-electron chi connectivity index (χ2n) is 4.69. The zero-order valence-corrected chi connectivity index (χ0v) is 11.1. The summed E-state index contributed by atoms with van der Waals surface area (Å²) in [6, 6.07) is 9.98. The van der Waals surface area contributed by atoms with Gasteiger partial charge in [0.15, 0.2) is 5.41 Å². The van der Waals surface area contributed by atoms with Crippen LogP contribution in [-0.4, -0.2) is 32.1 Å². The number of pyridine rings is 2. The molecule has 2 rings (SSSR count). The molecular weight excluding hydrogens is 272 g/mol. The number of hydrogen-bond donors (Lipinski definition) is 2. The fourth-order valence-electron chi connectivity index (χ4n) is 2.08. The highest BCUT2D eigenvalue weighted by Gasteiger charge is 2.47. The summed E-state index contributed by atoms with van der Waals surface area (Å²) in [5.41, 5.74) is -1.15. The predicted octanol–water partition coefficient (Wildman–Crippen LogP) is 1.42. The summed E-state index contributed by atoms with van der Waals surface area (Å²) in [7, 11) is 0. The molecule has 0 aliphatic rings. The van der Waals surface area contributed by atoms with E-state index in [2.05, 4.69) is 9.97 Å². The summed E-state index contributed by atoms with van der Waals surface area (Å²) >= 11 is 0. The molecule has 0 bridgehead atoms. The quantitative estimate of drug-likeness (QED) is 0.779. The molecule has 0 fully saturated rings. The number of hydrogen-bond acceptors (Lipinski definition) is 4. The van der Waals surface area contributed by atoms with Crippen LogP contribution >= 0.6 is 0 Å². The zero-order valence-electron chi connectivity index (χ0n) is 11.1. The molecule has 0 aliphatic heterocycles. The Kier molecular flexibility index (Phi) is 4.27. The first-order chi connectivity index (χ1) is 10.0. The minimum absolute atomic E-state index is 0.199. The molecular formula is C15H14N2O4. The lowest BCUT2D eigenvalue weighted by molar-refractivity contribution is -0.164. The Hall–Kier alpha value is -2.76. The average Bonchev–Trinajstić information content (AvgIpc) is 2.48. The molecule has 0 aromatic carbocycles. The van der Waals surface area contributed by atoms with Crippen LogP contribution in [0.15, 0.2) is 48.8 Å². The van der Waals surface area contributed by atoms with Gasteiger partial charge in [-0.15, -0.1) is 0 Å². The van der Waals surface area contributed by atoms with Gasteiger partial charge in [-0.2, -0.15) is 0 Å². The van der Waals surface area contributed by atoms with Crippen LogP contribution in [-0.2, 0) is 22.4 Å². The van der Waals surface area contributed by atoms with Gasteiger partial charge >= 0.3 is 11.9 Å². The topological polar surface area (TPSA) is 100 Å². The number of aliphatic carboxylic acids is 2. The van der Waals surface area contributed by atoms with Crippen LogP contribution in [0.2, 0.25) is 0 Å². The average molecular weight is 286 g/mol. The molecule has 2 heterocycles. The fraction of sp³-hybridized carbons (Fsp3) is 0.200. The molecule has 2 aromatic rings. The molecule has 0 spiro atoms. The van der Waals surface area contributed by atoms with Crippen molar-refractivity contribution in [2.24, 2.45) is 5.41 Å². The Morgan fingerprint density at radius 1 is 0.857 bits per heavy atom. The molecule has 0 radical (unpaired) electrons. The SMILES string of the molecule is O=C(O)C(Cc1ccccn1)(Cc1ccccn1)C(=O)O. The Labute approximate surface area is 121 Å². The van der Waals surface area contributed by atoms with Gasteiger partial charge in [0.1, 0.15) is 0 Å². The van der Waals surface area contributed by atoms with Gasteiger partial charge < -0.3 is 10.2 Å². The number of rotatable bonds is 6. The van der Waals surface area contributed by atoms with Crippen molar-refractivity contribution in [2.45, 2.75) is 12.8 Å². The van der Waals surface area contributed by atoms with E-state index in [1.807, 2.05) is 0 Å². The summed E-state index contributed by atoms with van der Waals surface area (Å²) in [4.78, 5) is 31.3. The van der Waals surface area contributed by atoms with Crippen LogP contribution < -0.4 is 0 Å². The van der Waals surface area contributed by atoms with Crippen molar-refractivity contribution in [3.05, 3.63) is 60.2 Å². The zero-order chi connectivity index (χ0) is 15.3. The minimum Gasteiger partial charge on any atom is -0.480 e. The third-order valence-corrected chi connectivity index (χ3v) is 3.24. The van der Waals surface area contributed by atoms with E-state index in [-0.39, 0.29) is 12.8 Å². The van der Waals surface area contributed by atoms with Crippen LogP contribution in [0.1, 0.15) is 11.4 Å². The molecule has 0 unspecified atom stereocenters. The van der Waals surface area contributed by atoms with E-state index in [1.54, 1.807) is 36.4 Å². The van der Waals surface area contributed by atoms with E-state index < -0.39 is 17.4 Å². The predicted molar refractivity (Wildman–Crippen MR) is 73.6 cm³/mol. The lowest BCUT2D eigenvalue weighted by atomic mass is 9.78. The van der Waals surface area contributed by atoms with Crippen molar-refractivity contribution in [3.63, 3.8) is 0 Å². The third-order valence-electron chi connectivity index (χ3n) is 3.24. The molecule has 6 heteroatoms. The van der Waals surface area contributed by atoms with Crippen molar-refractivity contribution in [2.75, 3.05) is 0 Å². The van der Waals surface area contributed by atoms with E-state index >= 15 is 0 Å². The van der Waals surface area contributed by atoms with Crippen LogP contribution in [0.5, 0.6) is 0 Å². The van der Waals surface area contributed by atoms with E-state index in [4.69, 9.17) is 0 Å². The Morgan fingerprint density at radius 2 is 1.29 bits per heavy atom. The number of carboxylic acids is 2. The van der Waals surface area contributed by atoms with Gasteiger partial charge in [-0.25, -0.2) is 0 Å². The second-order valence-corrected chi connectivity index (χ2v) is 4.69. The van der Waals surface area contributed by atoms with Gasteiger partial charge in [0.25, 0.3) is 0 Å². The Bertz CT molecular complexity index is 571. The smallest absolute Gasteiger partial charge is 0.321 e. The molecule has 0 atom stereocenters. The highest BCUT2D eigenvalue weighted by molar-refractivity contribution is 5.98. The Balaban J connectivity index is 2.38. The van der Waals surface area contributed by atoms with Crippen molar-refractivity contribution in [1.29, 1.82) is 0 Å². The summed E-state index contributed by atoms with van der Waals surface area (Å²) < 4.78 is 0. The second kappa shape index (κ2) is 6.13. The summed E-state index contributed by atoms with van der Waals surface area (Å²) in [5.74, 6) is -2.79. The highest BCUT2D eigenvalue weighted by Crippen LogP contribution is 2.28. The van der Waals surface area contributed by atoms with Crippen molar-refractivity contribution in [1.82, 2.24) is 9.97 Å². The van der Waals surface area contributed by atoms with Crippen molar-refractivity contribution in [3.8, 4) is 0 Å². The van der Waals surface area contributed by atoms with Crippen LogP contribution in [0.4, 0.5) is 0 Å². The van der Waals surface area contributed by atoms with Gasteiger partial charge in [-0.3, -0.25) is 19.6 Å². The third kappa shape index (κ3) is 3.22. The lowest BCUT2D eigenvalue weighted by Crippen LogP contribution is -2.43. The molecule has 2 N–H and O–H groups in total. The van der Waals surface area contributed by atoms with Gasteiger partial charge in [0.05, 0.1) is 0 Å². The first kappa shape index (κ1) is 14.6. The van der Waals surface area contributed by atoms with E-state index in [1.165, 1.54) is 12.4 Å². The van der Waals surface area contributed by atoms with Gasteiger partial charge in [-0.1, -0.05) is 12.1 Å². The van der Waals surface area contributed by atoms with Crippen LogP contribution in [0, 0.1) is 5.41 Å². The standard InChI is InChI=1S/C15H14N2O4/c18-13(19)15(14(20)21,9-11-5-1-3-7-16-11)10-12-6-2-4-8-17-12/h1-8H,9-10H2,(H,18,19)(H,20,21). The highest BCUT2D eigenvalue weighted by atomic mass is 16.4. The normalized spacial score (nSPS) is 11.0. The maximum atomic E-state index is 11.6. The molecule has 0 amide bonds. The van der Waals surface area contributed by atoms with Crippen molar-refractivity contribution >= 4 is 11.9 Å². The number of aromatic nitrogens is 2. The lowest BCUT2D eigenvalue weighted by Gasteiger charge is -2.24. The Morgan fingerprint density at radius 3 is 1.57 bits per heavy atom. The number of nitrogens with zero attached hydrogens (tertiary/aromatic N) is 2. The van der Waals surface area contributed by atoms with Gasteiger partial charge in [0, 0.05) is 36.6 Å². The molecule has 2 aromatic heterocycles. The molecule has 108 valence electrons. The first-order valence-corrected chi connectivity index (χ1v) is 6.31. The monoisotopic (exact) mass is 286 g/mol. The van der Waals surface area contributed by atoms with E-state index in [0.717, 1.165) is 0 Å². The van der Waals surface area contributed by atoms with Crippen LogP contribution in [0.3, 0.4) is 0 Å². The summed E-state index contributed by atoms with van der Waals surface area (Å²) in [6.07, 6.45) is 2.61. The molecule has 0 saturated heterocycles. The molecule has 21 heavy (non-hydrogen) atoms. The molecule has 6 nitrogen and oxygen atoms in total. The maximum Gasteiger partial charge on any atom is 0.321 e. The van der Waals surface area contributed by atoms with Crippen molar-refractivity contribution < 1.29 is 19.8 Å².